The van der Waals surface area contributed by atoms with Gasteiger partial charge in [-0.2, -0.15) is 5.10 Å². The summed E-state index contributed by atoms with van der Waals surface area (Å²) in [5.41, 5.74) is 4.83. The lowest BCUT2D eigenvalue weighted by molar-refractivity contribution is -0.384. The molecule has 0 spiro atoms. The number of non-ortho nitro benzene ring substituents is 1. The molecule has 0 atom stereocenters. The Morgan fingerprint density at radius 2 is 1.67 bits per heavy atom. The molecular weight excluding hydrogens is 422 g/mol. The molecular formula is C24H21N5O4. The number of anilines is 1. The van der Waals surface area contributed by atoms with Crippen molar-refractivity contribution in [3.05, 3.63) is 92.6 Å². The van der Waals surface area contributed by atoms with Crippen molar-refractivity contribution in [2.45, 2.75) is 6.54 Å². The predicted molar refractivity (Wildman–Crippen MR) is 129 cm³/mol. The lowest BCUT2D eigenvalue weighted by atomic mass is 10.1. The first kappa shape index (κ1) is 21.7. The third kappa shape index (κ3) is 4.29. The fraction of sp³-hybridized carbons (Fsp3) is 0.125. The number of rotatable bonds is 6. The number of nitro groups is 1. The van der Waals surface area contributed by atoms with Gasteiger partial charge in [0.25, 0.3) is 11.6 Å². The van der Waals surface area contributed by atoms with E-state index in [9.17, 15) is 19.7 Å². The number of hydrogen-bond acceptors (Lipinski definition) is 6. The van der Waals surface area contributed by atoms with Crippen LogP contribution in [0.1, 0.15) is 5.56 Å². The van der Waals surface area contributed by atoms with E-state index in [1.165, 1.54) is 18.3 Å². The first-order valence-electron chi connectivity index (χ1n) is 10.1. The van der Waals surface area contributed by atoms with Crippen molar-refractivity contribution in [3.63, 3.8) is 0 Å². The van der Waals surface area contributed by atoms with Gasteiger partial charge < -0.3 is 9.47 Å². The smallest absolute Gasteiger partial charge is 0.270 e. The van der Waals surface area contributed by atoms with Crippen LogP contribution in [-0.4, -0.2) is 35.7 Å². The van der Waals surface area contributed by atoms with Crippen LogP contribution in [0.15, 0.2) is 76.6 Å². The molecule has 166 valence electrons. The van der Waals surface area contributed by atoms with Gasteiger partial charge >= 0.3 is 0 Å². The summed E-state index contributed by atoms with van der Waals surface area (Å²) in [6.45, 7) is -0.0614. The molecule has 0 bridgehead atoms. The lowest BCUT2D eigenvalue weighted by Crippen LogP contribution is -2.25. The Balaban J connectivity index is 1.64. The average molecular weight is 443 g/mol. The molecule has 0 aliphatic rings. The molecule has 0 aliphatic carbocycles. The number of benzene rings is 3. The molecule has 4 rings (SSSR count). The Kier molecular flexibility index (Phi) is 5.86. The summed E-state index contributed by atoms with van der Waals surface area (Å²) in [5, 5.41) is 16.2. The normalized spacial score (nSPS) is 11.2. The Bertz CT molecular complexity index is 1410. The summed E-state index contributed by atoms with van der Waals surface area (Å²) in [5.74, 6) is -0.401. The third-order valence-electron chi connectivity index (χ3n) is 5.28. The van der Waals surface area contributed by atoms with E-state index >= 15 is 0 Å². The van der Waals surface area contributed by atoms with Crippen molar-refractivity contribution in [1.29, 1.82) is 0 Å². The monoisotopic (exact) mass is 443 g/mol. The zero-order chi connectivity index (χ0) is 23.5. The summed E-state index contributed by atoms with van der Waals surface area (Å²) < 4.78 is 1.77. The molecule has 0 fully saturated rings. The second-order valence-corrected chi connectivity index (χ2v) is 7.64. The Labute approximate surface area is 188 Å². The number of nitrogens with one attached hydrogen (secondary N) is 1. The van der Waals surface area contributed by atoms with E-state index in [1.807, 2.05) is 26.2 Å². The minimum absolute atomic E-state index is 0.0614. The maximum absolute atomic E-state index is 12.8. The average Bonchev–Trinajstić information content (AvgIpc) is 2.81. The van der Waals surface area contributed by atoms with Gasteiger partial charge in [-0.15, -0.1) is 0 Å². The Morgan fingerprint density at radius 1 is 1.06 bits per heavy atom. The second kappa shape index (κ2) is 8.91. The van der Waals surface area contributed by atoms with Crippen molar-refractivity contribution in [2.75, 3.05) is 19.0 Å². The van der Waals surface area contributed by atoms with Crippen molar-refractivity contribution in [2.24, 2.45) is 5.10 Å². The number of fused-ring (bicyclic) bond motifs is 2. The highest BCUT2D eigenvalue weighted by atomic mass is 16.6. The van der Waals surface area contributed by atoms with E-state index in [0.29, 0.717) is 27.4 Å². The number of nitro benzene ring substituents is 1. The number of nitrogens with zero attached hydrogens (tertiary/aromatic N) is 4. The fourth-order valence-corrected chi connectivity index (χ4v) is 3.77. The number of para-hydroxylation sites is 2. The predicted octanol–water partition coefficient (Wildman–Crippen LogP) is 3.28. The van der Waals surface area contributed by atoms with Crippen LogP contribution in [0, 0.1) is 10.1 Å². The van der Waals surface area contributed by atoms with E-state index in [1.54, 1.807) is 51.9 Å². The van der Waals surface area contributed by atoms with Gasteiger partial charge in [-0.1, -0.05) is 24.3 Å². The molecule has 9 heteroatoms. The molecule has 0 aliphatic heterocycles. The second-order valence-electron chi connectivity index (χ2n) is 7.64. The van der Waals surface area contributed by atoms with Crippen molar-refractivity contribution in [1.82, 2.24) is 9.99 Å². The number of pyridine rings is 1. The molecule has 0 unspecified atom stereocenters. The fourth-order valence-electron chi connectivity index (χ4n) is 3.77. The van der Waals surface area contributed by atoms with Gasteiger partial charge in [0.15, 0.2) is 5.43 Å². The highest BCUT2D eigenvalue weighted by Crippen LogP contribution is 2.23. The molecule has 33 heavy (non-hydrogen) atoms. The van der Waals surface area contributed by atoms with Gasteiger partial charge in [-0.05, 0) is 30.3 Å². The van der Waals surface area contributed by atoms with Gasteiger partial charge in [0.2, 0.25) is 0 Å². The minimum atomic E-state index is -0.484. The molecule has 1 N–H and O–H groups in total. The third-order valence-corrected chi connectivity index (χ3v) is 5.28. The van der Waals surface area contributed by atoms with E-state index in [4.69, 9.17) is 0 Å². The summed E-state index contributed by atoms with van der Waals surface area (Å²) >= 11 is 0. The SMILES string of the molecule is CN(C)c1ccc([N+](=O)[O-])cc1/C=N\NC(=O)Cn1c2ccccc2c(=O)c2ccccc21. The van der Waals surface area contributed by atoms with Crippen LogP contribution in [0.25, 0.3) is 21.8 Å². The van der Waals surface area contributed by atoms with Crippen LogP contribution in [0.4, 0.5) is 11.4 Å². The minimum Gasteiger partial charge on any atom is -0.377 e. The Hall–Kier alpha value is -4.53. The van der Waals surface area contributed by atoms with E-state index < -0.39 is 10.8 Å². The standard InChI is InChI=1S/C24H21N5O4/c1-27(2)20-12-11-17(29(32)33)13-16(20)14-25-26-23(30)15-28-21-9-5-3-7-18(21)24(31)19-8-4-6-10-22(19)28/h3-14H,15H2,1-2H3,(H,26,30)/b25-14-. The number of hydrogen-bond donors (Lipinski definition) is 1. The van der Waals surface area contributed by atoms with Crippen molar-refractivity contribution < 1.29 is 9.72 Å². The van der Waals surface area contributed by atoms with Crippen LogP contribution in [0.2, 0.25) is 0 Å². The molecule has 1 amide bonds. The quantitative estimate of drug-likeness (QED) is 0.213. The van der Waals surface area contributed by atoms with Crippen LogP contribution in [-0.2, 0) is 11.3 Å². The van der Waals surface area contributed by atoms with E-state index in [2.05, 4.69) is 10.5 Å². The molecule has 0 saturated carbocycles. The molecule has 4 aromatic rings. The molecule has 0 radical (unpaired) electrons. The first-order chi connectivity index (χ1) is 15.9. The highest BCUT2D eigenvalue weighted by Gasteiger charge is 2.13. The topological polar surface area (TPSA) is 110 Å². The highest BCUT2D eigenvalue weighted by molar-refractivity contribution is 5.95. The number of amides is 1. The van der Waals surface area contributed by atoms with Gasteiger partial charge in [0.1, 0.15) is 6.54 Å². The Morgan fingerprint density at radius 3 is 2.24 bits per heavy atom. The van der Waals surface area contributed by atoms with Gasteiger partial charge in [-0.25, -0.2) is 5.43 Å². The number of carbonyl (C=O) groups excluding carboxylic acids is 1. The van der Waals surface area contributed by atoms with Gasteiger partial charge in [0, 0.05) is 48.3 Å². The molecule has 0 saturated heterocycles. The summed E-state index contributed by atoms with van der Waals surface area (Å²) in [6, 6.07) is 18.7. The zero-order valence-electron chi connectivity index (χ0n) is 18.1. The molecule has 3 aromatic carbocycles. The lowest BCUT2D eigenvalue weighted by Gasteiger charge is -2.15. The molecule has 1 heterocycles. The van der Waals surface area contributed by atoms with Crippen LogP contribution in [0.5, 0.6) is 0 Å². The van der Waals surface area contributed by atoms with Gasteiger partial charge in [0.05, 0.1) is 22.2 Å². The first-order valence-corrected chi connectivity index (χ1v) is 10.1. The van der Waals surface area contributed by atoms with Crippen LogP contribution < -0.4 is 15.8 Å². The summed E-state index contributed by atoms with van der Waals surface area (Å²) in [4.78, 5) is 38.0. The van der Waals surface area contributed by atoms with Crippen molar-refractivity contribution >= 4 is 45.3 Å². The van der Waals surface area contributed by atoms with Crippen LogP contribution >= 0.6 is 0 Å². The largest absolute Gasteiger partial charge is 0.377 e. The zero-order valence-corrected chi connectivity index (χ0v) is 18.1. The number of aromatic nitrogens is 1. The molecule has 1 aromatic heterocycles. The summed E-state index contributed by atoms with van der Waals surface area (Å²) in [7, 11) is 3.62. The number of hydrazone groups is 1. The number of carbonyl (C=O) groups is 1. The van der Waals surface area contributed by atoms with Crippen molar-refractivity contribution in [3.8, 4) is 0 Å². The molecule has 9 nitrogen and oxygen atoms in total. The van der Waals surface area contributed by atoms with Gasteiger partial charge in [-0.3, -0.25) is 19.7 Å². The maximum Gasteiger partial charge on any atom is 0.270 e. The van der Waals surface area contributed by atoms with E-state index in [-0.39, 0.29) is 17.7 Å². The summed E-state index contributed by atoms with van der Waals surface area (Å²) in [6.07, 6.45) is 1.38. The van der Waals surface area contributed by atoms with Crippen LogP contribution in [0.3, 0.4) is 0 Å². The maximum atomic E-state index is 12.8. The van der Waals surface area contributed by atoms with E-state index in [0.717, 1.165) is 5.69 Å².